The van der Waals surface area contributed by atoms with E-state index in [1.807, 2.05) is 37.3 Å². The van der Waals surface area contributed by atoms with Gasteiger partial charge in [-0.3, -0.25) is 24.6 Å². The van der Waals surface area contributed by atoms with Crippen LogP contribution in [-0.2, 0) is 14.4 Å². The first-order valence-corrected chi connectivity index (χ1v) is 6.49. The van der Waals surface area contributed by atoms with Crippen LogP contribution in [0.4, 0.5) is 0 Å². The Morgan fingerprint density at radius 1 is 1.15 bits per heavy atom. The van der Waals surface area contributed by atoms with Crippen molar-refractivity contribution in [2.45, 2.75) is 25.8 Å². The van der Waals surface area contributed by atoms with Crippen LogP contribution in [0.3, 0.4) is 0 Å². The lowest BCUT2D eigenvalue weighted by Crippen LogP contribution is -2.40. The van der Waals surface area contributed by atoms with E-state index in [4.69, 9.17) is 0 Å². The van der Waals surface area contributed by atoms with E-state index >= 15 is 0 Å². The molecule has 5 heteroatoms. The molecule has 1 unspecified atom stereocenters. The summed E-state index contributed by atoms with van der Waals surface area (Å²) in [7, 11) is 0. The lowest BCUT2D eigenvalue weighted by molar-refractivity contribution is -0.133. The van der Waals surface area contributed by atoms with Crippen LogP contribution in [-0.4, -0.2) is 28.7 Å². The number of carbonyl (C=O) groups is 3. The van der Waals surface area contributed by atoms with Crippen molar-refractivity contribution in [1.29, 1.82) is 0 Å². The first-order valence-electron chi connectivity index (χ1n) is 6.49. The summed E-state index contributed by atoms with van der Waals surface area (Å²) in [6, 6.07) is 7.03. The minimum absolute atomic E-state index is 0.0355. The zero-order chi connectivity index (χ0) is 14.3. The Hall–Kier alpha value is -2.43. The molecule has 102 valence electrons. The van der Waals surface area contributed by atoms with Crippen molar-refractivity contribution in [2.24, 2.45) is 0 Å². The van der Waals surface area contributed by atoms with Crippen molar-refractivity contribution >= 4 is 23.4 Å². The fraction of sp³-hybridized carbons (Fsp3) is 0.267. The number of imide groups is 1. The lowest BCUT2D eigenvalue weighted by Gasteiger charge is -2.25. The summed E-state index contributed by atoms with van der Waals surface area (Å²) in [6.45, 7) is 1.98. The predicted molar refractivity (Wildman–Crippen MR) is 72.2 cm³/mol. The Kier molecular flexibility index (Phi) is 2.89. The largest absolute Gasteiger partial charge is 0.299 e. The molecular weight excluding hydrogens is 256 g/mol. The topological polar surface area (TPSA) is 66.5 Å². The molecule has 3 amide bonds. The van der Waals surface area contributed by atoms with Crippen LogP contribution in [0.2, 0.25) is 0 Å². The van der Waals surface area contributed by atoms with Crippen LogP contribution in [0.1, 0.15) is 24.0 Å². The number of nitrogens with zero attached hydrogens (tertiary/aromatic N) is 1. The average molecular weight is 270 g/mol. The van der Waals surface area contributed by atoms with E-state index < -0.39 is 11.9 Å². The molecular formula is C15H14N2O3. The van der Waals surface area contributed by atoms with Crippen molar-refractivity contribution in [3.05, 3.63) is 41.5 Å². The van der Waals surface area contributed by atoms with E-state index in [1.165, 1.54) is 4.90 Å². The molecule has 0 radical (unpaired) electrons. The van der Waals surface area contributed by atoms with Gasteiger partial charge >= 0.3 is 0 Å². The van der Waals surface area contributed by atoms with Crippen molar-refractivity contribution in [2.75, 3.05) is 0 Å². The molecule has 0 bridgehead atoms. The van der Waals surface area contributed by atoms with Gasteiger partial charge in [-0.1, -0.05) is 35.9 Å². The molecule has 0 aliphatic carbocycles. The quantitative estimate of drug-likeness (QED) is 0.815. The second-order valence-corrected chi connectivity index (χ2v) is 5.06. The number of hydrogen-bond acceptors (Lipinski definition) is 3. The molecule has 1 aromatic carbocycles. The van der Waals surface area contributed by atoms with Crippen LogP contribution in [0.15, 0.2) is 30.3 Å². The fourth-order valence-electron chi connectivity index (χ4n) is 2.59. The third-order valence-corrected chi connectivity index (χ3v) is 3.60. The molecule has 1 aromatic rings. The number of aryl methyl sites for hydroxylation is 1. The molecule has 0 aromatic heterocycles. The normalized spacial score (nSPS) is 22.2. The van der Waals surface area contributed by atoms with Gasteiger partial charge in [0.25, 0.3) is 0 Å². The maximum absolute atomic E-state index is 12.0. The molecule has 2 aliphatic heterocycles. The van der Waals surface area contributed by atoms with Crippen LogP contribution < -0.4 is 5.32 Å². The highest BCUT2D eigenvalue weighted by atomic mass is 16.2. The molecule has 0 spiro atoms. The summed E-state index contributed by atoms with van der Waals surface area (Å²) in [5.41, 5.74) is 2.72. The molecule has 1 N–H and O–H groups in total. The van der Waals surface area contributed by atoms with Crippen LogP contribution >= 0.6 is 0 Å². The Bertz CT molecular complexity index is 631. The van der Waals surface area contributed by atoms with Gasteiger partial charge in [0, 0.05) is 12.1 Å². The summed E-state index contributed by atoms with van der Waals surface area (Å²) in [5.74, 6) is -0.873. The van der Waals surface area contributed by atoms with Gasteiger partial charge in [-0.05, 0) is 12.5 Å². The van der Waals surface area contributed by atoms with E-state index in [1.54, 1.807) is 0 Å². The first kappa shape index (κ1) is 12.6. The van der Waals surface area contributed by atoms with Gasteiger partial charge in [0.1, 0.15) is 6.04 Å². The standard InChI is InChI=1S/C15H14N2O3/c1-9-2-4-10(5-3-9)11-6-7-14(19)17(11)12-8-13(18)16-15(12)20/h2-6,12H,7-8H2,1H3,(H,16,18,20). The van der Waals surface area contributed by atoms with Crippen LogP contribution in [0, 0.1) is 6.92 Å². The molecule has 0 saturated carbocycles. The number of nitrogens with one attached hydrogen (secondary N) is 1. The summed E-state index contributed by atoms with van der Waals surface area (Å²) in [4.78, 5) is 36.6. The maximum atomic E-state index is 12.0. The predicted octanol–water partition coefficient (Wildman–Crippen LogP) is 0.983. The lowest BCUT2D eigenvalue weighted by atomic mass is 10.1. The summed E-state index contributed by atoms with van der Waals surface area (Å²) in [5, 5.41) is 2.25. The number of amides is 3. The van der Waals surface area contributed by atoms with Crippen molar-refractivity contribution in [1.82, 2.24) is 10.2 Å². The van der Waals surface area contributed by atoms with Crippen LogP contribution in [0.5, 0.6) is 0 Å². The fourth-order valence-corrected chi connectivity index (χ4v) is 2.59. The van der Waals surface area contributed by atoms with Crippen molar-refractivity contribution in [3.63, 3.8) is 0 Å². The monoisotopic (exact) mass is 270 g/mol. The molecule has 1 fully saturated rings. The van der Waals surface area contributed by atoms with E-state index in [2.05, 4.69) is 5.32 Å². The first-order chi connectivity index (χ1) is 9.56. The minimum Gasteiger partial charge on any atom is -0.299 e. The van der Waals surface area contributed by atoms with Crippen molar-refractivity contribution < 1.29 is 14.4 Å². The zero-order valence-corrected chi connectivity index (χ0v) is 11.1. The Morgan fingerprint density at radius 3 is 2.45 bits per heavy atom. The summed E-state index contributed by atoms with van der Waals surface area (Å²) < 4.78 is 0. The highest BCUT2D eigenvalue weighted by Gasteiger charge is 2.41. The van der Waals surface area contributed by atoms with Gasteiger partial charge in [0.15, 0.2) is 0 Å². The summed E-state index contributed by atoms with van der Waals surface area (Å²) in [6.07, 6.45) is 2.11. The average Bonchev–Trinajstić information content (AvgIpc) is 2.93. The minimum atomic E-state index is -0.718. The second-order valence-electron chi connectivity index (χ2n) is 5.06. The molecule has 20 heavy (non-hydrogen) atoms. The van der Waals surface area contributed by atoms with E-state index in [-0.39, 0.29) is 24.7 Å². The second kappa shape index (κ2) is 4.59. The molecule has 5 nitrogen and oxygen atoms in total. The highest BCUT2D eigenvalue weighted by molar-refractivity contribution is 6.09. The number of hydrogen-bond donors (Lipinski definition) is 1. The van der Waals surface area contributed by atoms with Gasteiger partial charge in [0.05, 0.1) is 6.42 Å². The molecule has 1 atom stereocenters. The van der Waals surface area contributed by atoms with E-state index in [0.29, 0.717) is 5.70 Å². The van der Waals surface area contributed by atoms with Gasteiger partial charge in [-0.25, -0.2) is 0 Å². The molecule has 2 aliphatic rings. The van der Waals surface area contributed by atoms with Crippen LogP contribution in [0.25, 0.3) is 5.70 Å². The van der Waals surface area contributed by atoms with E-state index in [0.717, 1.165) is 11.1 Å². The Balaban J connectivity index is 1.94. The Labute approximate surface area is 116 Å². The molecule has 3 rings (SSSR count). The summed E-state index contributed by atoms with van der Waals surface area (Å²) >= 11 is 0. The smallest absolute Gasteiger partial charge is 0.250 e. The van der Waals surface area contributed by atoms with Gasteiger partial charge in [0.2, 0.25) is 17.7 Å². The van der Waals surface area contributed by atoms with Crippen molar-refractivity contribution in [3.8, 4) is 0 Å². The zero-order valence-electron chi connectivity index (χ0n) is 11.1. The SMILES string of the molecule is Cc1ccc(C2=CCC(=O)N2C2CC(=O)NC2=O)cc1. The van der Waals surface area contributed by atoms with E-state index in [9.17, 15) is 14.4 Å². The number of carbonyl (C=O) groups excluding carboxylic acids is 3. The van der Waals surface area contributed by atoms with Gasteiger partial charge in [-0.2, -0.15) is 0 Å². The molecule has 1 saturated heterocycles. The maximum Gasteiger partial charge on any atom is 0.250 e. The number of benzene rings is 1. The third-order valence-electron chi connectivity index (χ3n) is 3.60. The van der Waals surface area contributed by atoms with Gasteiger partial charge < -0.3 is 0 Å². The highest BCUT2D eigenvalue weighted by Crippen LogP contribution is 2.31. The number of rotatable bonds is 2. The van der Waals surface area contributed by atoms with Gasteiger partial charge in [-0.15, -0.1) is 0 Å². The Morgan fingerprint density at radius 2 is 1.85 bits per heavy atom. The third kappa shape index (κ3) is 2.01. The molecule has 2 heterocycles.